The Morgan fingerprint density at radius 2 is 2.11 bits per heavy atom. The van der Waals surface area contributed by atoms with Crippen molar-refractivity contribution < 1.29 is 4.74 Å². The van der Waals surface area contributed by atoms with Crippen LogP contribution in [0.3, 0.4) is 0 Å². The summed E-state index contributed by atoms with van der Waals surface area (Å²) >= 11 is 3.52. The van der Waals surface area contributed by atoms with Gasteiger partial charge in [0.15, 0.2) is 0 Å². The maximum Gasteiger partial charge on any atom is 0.122 e. The third-order valence-corrected chi connectivity index (χ3v) is 3.28. The summed E-state index contributed by atoms with van der Waals surface area (Å²) in [6.07, 6.45) is 0.967. The lowest BCUT2D eigenvalue weighted by Crippen LogP contribution is -2.39. The Kier molecular flexibility index (Phi) is 6.68. The molecule has 1 atom stereocenters. The number of halogens is 1. The topological polar surface area (TPSA) is 24.5 Å². The van der Waals surface area contributed by atoms with E-state index in [0.29, 0.717) is 6.04 Å². The molecule has 0 heterocycles. The van der Waals surface area contributed by atoms with Gasteiger partial charge in [-0.15, -0.1) is 0 Å². The molecule has 0 saturated carbocycles. The molecule has 3 nitrogen and oxygen atoms in total. The van der Waals surface area contributed by atoms with Crippen molar-refractivity contribution in [3.63, 3.8) is 0 Å². The SMILES string of the molecule is CCNC(Cc1cc(Br)ccc1OC)CN(C)C. The Balaban J connectivity index is 2.81. The highest BCUT2D eigenvalue weighted by atomic mass is 79.9. The molecule has 0 aliphatic rings. The van der Waals surface area contributed by atoms with E-state index < -0.39 is 0 Å². The molecule has 4 heteroatoms. The van der Waals surface area contributed by atoms with Gasteiger partial charge in [-0.2, -0.15) is 0 Å². The minimum absolute atomic E-state index is 0.438. The van der Waals surface area contributed by atoms with Crippen molar-refractivity contribution in [2.24, 2.45) is 0 Å². The van der Waals surface area contributed by atoms with Gasteiger partial charge in [0.25, 0.3) is 0 Å². The second-order valence-electron chi connectivity index (χ2n) is 4.68. The predicted octanol–water partition coefficient (Wildman–Crippen LogP) is 2.54. The third kappa shape index (κ3) is 4.96. The zero-order valence-electron chi connectivity index (χ0n) is 11.7. The van der Waals surface area contributed by atoms with E-state index in [0.717, 1.165) is 29.7 Å². The van der Waals surface area contributed by atoms with Crippen molar-refractivity contribution in [1.29, 1.82) is 0 Å². The zero-order valence-corrected chi connectivity index (χ0v) is 13.3. The van der Waals surface area contributed by atoms with E-state index in [1.54, 1.807) is 7.11 Å². The van der Waals surface area contributed by atoms with Crippen molar-refractivity contribution in [3.05, 3.63) is 28.2 Å². The van der Waals surface area contributed by atoms with Gasteiger partial charge >= 0.3 is 0 Å². The van der Waals surface area contributed by atoms with Crippen LogP contribution in [0, 0.1) is 0 Å². The molecule has 0 aliphatic heterocycles. The first-order chi connectivity index (χ1) is 8.56. The van der Waals surface area contributed by atoms with Gasteiger partial charge in [-0.25, -0.2) is 0 Å². The van der Waals surface area contributed by atoms with Gasteiger partial charge in [0, 0.05) is 17.1 Å². The summed E-state index contributed by atoms with van der Waals surface area (Å²) in [5, 5.41) is 3.52. The fourth-order valence-corrected chi connectivity index (χ4v) is 2.51. The summed E-state index contributed by atoms with van der Waals surface area (Å²) in [6.45, 7) is 4.14. The summed E-state index contributed by atoms with van der Waals surface area (Å²) in [5.41, 5.74) is 1.24. The number of benzene rings is 1. The predicted molar refractivity (Wildman–Crippen MR) is 80.4 cm³/mol. The van der Waals surface area contributed by atoms with Gasteiger partial charge < -0.3 is 15.0 Å². The third-order valence-electron chi connectivity index (χ3n) is 2.79. The fraction of sp³-hybridized carbons (Fsp3) is 0.571. The molecule has 0 saturated heterocycles. The van der Waals surface area contributed by atoms with E-state index in [-0.39, 0.29) is 0 Å². The second-order valence-corrected chi connectivity index (χ2v) is 5.59. The van der Waals surface area contributed by atoms with E-state index in [1.165, 1.54) is 5.56 Å². The van der Waals surface area contributed by atoms with Crippen LogP contribution < -0.4 is 10.1 Å². The molecule has 0 spiro atoms. The number of hydrogen-bond acceptors (Lipinski definition) is 3. The number of ether oxygens (including phenoxy) is 1. The molecule has 0 fully saturated rings. The molecule has 0 bridgehead atoms. The second kappa shape index (κ2) is 7.77. The van der Waals surface area contributed by atoms with Gasteiger partial charge in [-0.3, -0.25) is 0 Å². The van der Waals surface area contributed by atoms with Crippen LogP contribution in [0.25, 0.3) is 0 Å². The van der Waals surface area contributed by atoms with Crippen LogP contribution in [-0.4, -0.2) is 45.2 Å². The monoisotopic (exact) mass is 314 g/mol. The van der Waals surface area contributed by atoms with Gasteiger partial charge in [-0.05, 0) is 50.8 Å². The maximum atomic E-state index is 5.42. The zero-order chi connectivity index (χ0) is 13.5. The number of likely N-dealkylation sites (N-methyl/N-ethyl adjacent to an activating group) is 2. The van der Waals surface area contributed by atoms with E-state index in [4.69, 9.17) is 4.74 Å². The maximum absolute atomic E-state index is 5.42. The van der Waals surface area contributed by atoms with Crippen LogP contribution in [0.1, 0.15) is 12.5 Å². The van der Waals surface area contributed by atoms with Crippen LogP contribution in [0.4, 0.5) is 0 Å². The molecule has 1 aromatic rings. The lowest BCUT2D eigenvalue weighted by atomic mass is 10.0. The molecule has 0 amide bonds. The molecule has 1 unspecified atom stereocenters. The van der Waals surface area contributed by atoms with E-state index in [2.05, 4.69) is 53.2 Å². The minimum Gasteiger partial charge on any atom is -0.496 e. The van der Waals surface area contributed by atoms with Gasteiger partial charge in [0.05, 0.1) is 7.11 Å². The summed E-state index contributed by atoms with van der Waals surface area (Å²) in [7, 11) is 5.92. The Morgan fingerprint density at radius 3 is 2.67 bits per heavy atom. The lowest BCUT2D eigenvalue weighted by Gasteiger charge is -2.23. The number of nitrogens with zero attached hydrogens (tertiary/aromatic N) is 1. The van der Waals surface area contributed by atoms with Crippen molar-refractivity contribution in [1.82, 2.24) is 10.2 Å². The van der Waals surface area contributed by atoms with E-state index in [1.807, 2.05) is 12.1 Å². The Hall–Kier alpha value is -0.580. The van der Waals surface area contributed by atoms with Gasteiger partial charge in [-0.1, -0.05) is 22.9 Å². The quantitative estimate of drug-likeness (QED) is 0.837. The fourth-order valence-electron chi connectivity index (χ4n) is 2.10. The first-order valence-corrected chi connectivity index (χ1v) is 7.06. The lowest BCUT2D eigenvalue weighted by molar-refractivity contribution is 0.335. The van der Waals surface area contributed by atoms with E-state index in [9.17, 15) is 0 Å². The Labute approximate surface area is 119 Å². The molecular formula is C14H23BrN2O. The number of nitrogens with one attached hydrogen (secondary N) is 1. The smallest absolute Gasteiger partial charge is 0.122 e. The van der Waals surface area contributed by atoms with Crippen LogP contribution in [0.2, 0.25) is 0 Å². The van der Waals surface area contributed by atoms with Gasteiger partial charge in [0.1, 0.15) is 5.75 Å². The molecule has 1 rings (SSSR count). The first-order valence-electron chi connectivity index (χ1n) is 6.27. The Morgan fingerprint density at radius 1 is 1.39 bits per heavy atom. The van der Waals surface area contributed by atoms with Crippen LogP contribution in [0.5, 0.6) is 5.75 Å². The van der Waals surface area contributed by atoms with Crippen LogP contribution >= 0.6 is 15.9 Å². The first kappa shape index (κ1) is 15.5. The van der Waals surface area contributed by atoms with Crippen molar-refractivity contribution in [2.45, 2.75) is 19.4 Å². The summed E-state index contributed by atoms with van der Waals surface area (Å²) in [4.78, 5) is 2.21. The molecule has 18 heavy (non-hydrogen) atoms. The standard InChI is InChI=1S/C14H23BrN2O/c1-5-16-13(10-17(2)3)9-11-8-12(15)6-7-14(11)18-4/h6-8,13,16H,5,9-10H2,1-4H3. The average Bonchev–Trinajstić information content (AvgIpc) is 2.28. The summed E-state index contributed by atoms with van der Waals surface area (Å²) in [6, 6.07) is 6.60. The normalized spacial score (nSPS) is 12.8. The highest BCUT2D eigenvalue weighted by Crippen LogP contribution is 2.24. The van der Waals surface area contributed by atoms with Gasteiger partial charge in [0.2, 0.25) is 0 Å². The minimum atomic E-state index is 0.438. The summed E-state index contributed by atoms with van der Waals surface area (Å²) in [5.74, 6) is 0.958. The molecule has 0 aromatic heterocycles. The Bertz CT molecular complexity index is 369. The van der Waals surface area contributed by atoms with E-state index >= 15 is 0 Å². The molecule has 1 aromatic carbocycles. The molecule has 1 N–H and O–H groups in total. The van der Waals surface area contributed by atoms with Crippen molar-refractivity contribution >= 4 is 15.9 Å². The largest absolute Gasteiger partial charge is 0.496 e. The molecule has 0 aliphatic carbocycles. The van der Waals surface area contributed by atoms with Crippen LogP contribution in [0.15, 0.2) is 22.7 Å². The van der Waals surface area contributed by atoms with Crippen molar-refractivity contribution in [2.75, 3.05) is 34.3 Å². The number of hydrogen-bond donors (Lipinski definition) is 1. The van der Waals surface area contributed by atoms with Crippen LogP contribution in [-0.2, 0) is 6.42 Å². The molecule has 0 radical (unpaired) electrons. The summed E-state index contributed by atoms with van der Waals surface area (Å²) < 4.78 is 6.52. The highest BCUT2D eigenvalue weighted by molar-refractivity contribution is 9.10. The average molecular weight is 315 g/mol. The van der Waals surface area contributed by atoms with Crippen molar-refractivity contribution in [3.8, 4) is 5.75 Å². The highest BCUT2D eigenvalue weighted by Gasteiger charge is 2.13. The molecular weight excluding hydrogens is 292 g/mol. The number of rotatable bonds is 7. The molecule has 102 valence electrons. The number of methoxy groups -OCH3 is 1.